The fraction of sp³-hybridized carbons (Fsp3) is 0.769. The highest BCUT2D eigenvalue weighted by molar-refractivity contribution is 5.09. The lowest BCUT2D eigenvalue weighted by molar-refractivity contribution is 0.360. The number of nitrogens with zero attached hydrogens (tertiary/aromatic N) is 2. The van der Waals surface area contributed by atoms with Gasteiger partial charge in [0.1, 0.15) is 0 Å². The van der Waals surface area contributed by atoms with Gasteiger partial charge in [-0.25, -0.2) is 4.98 Å². The Morgan fingerprint density at radius 2 is 2.31 bits per heavy atom. The summed E-state index contributed by atoms with van der Waals surface area (Å²) in [4.78, 5) is 4.27. The number of rotatable bonds is 5. The monoisotopic (exact) mass is 219 g/mol. The van der Waals surface area contributed by atoms with E-state index in [-0.39, 0.29) is 6.04 Å². The molecule has 3 nitrogen and oxygen atoms in total. The highest BCUT2D eigenvalue weighted by atomic mass is 15.1. The van der Waals surface area contributed by atoms with E-state index in [2.05, 4.69) is 16.5 Å². The molecule has 0 bridgehead atoms. The van der Waals surface area contributed by atoms with E-state index in [4.69, 9.17) is 5.73 Å². The molecule has 0 amide bonds. The van der Waals surface area contributed by atoms with E-state index in [0.717, 1.165) is 18.9 Å². The first-order valence-electron chi connectivity index (χ1n) is 6.51. The third-order valence-corrected chi connectivity index (χ3v) is 4.39. The average Bonchev–Trinajstić information content (AvgIpc) is 3.16. The van der Waals surface area contributed by atoms with E-state index in [1.54, 1.807) is 0 Å². The second-order valence-corrected chi connectivity index (χ2v) is 5.60. The van der Waals surface area contributed by atoms with Gasteiger partial charge in [0, 0.05) is 18.8 Å². The Morgan fingerprint density at radius 1 is 1.56 bits per heavy atom. The Balaban J connectivity index is 1.76. The molecule has 2 aliphatic rings. The molecule has 1 heterocycles. The molecule has 1 aromatic heterocycles. The molecule has 88 valence electrons. The SMILES string of the molecule is CC[C@@H](N)c1cncn1CC1(C2CC2)CC1. The van der Waals surface area contributed by atoms with Gasteiger partial charge < -0.3 is 10.3 Å². The molecule has 0 spiro atoms. The Morgan fingerprint density at radius 3 is 2.88 bits per heavy atom. The summed E-state index contributed by atoms with van der Waals surface area (Å²) in [7, 11) is 0. The number of nitrogens with two attached hydrogens (primary N) is 1. The van der Waals surface area contributed by atoms with E-state index in [1.807, 2.05) is 12.5 Å². The maximum atomic E-state index is 6.11. The van der Waals surface area contributed by atoms with Crippen LogP contribution >= 0.6 is 0 Å². The van der Waals surface area contributed by atoms with Gasteiger partial charge in [0.25, 0.3) is 0 Å². The topological polar surface area (TPSA) is 43.8 Å². The largest absolute Gasteiger partial charge is 0.333 e. The van der Waals surface area contributed by atoms with Crippen molar-refractivity contribution >= 4 is 0 Å². The van der Waals surface area contributed by atoms with Crippen LogP contribution < -0.4 is 5.73 Å². The van der Waals surface area contributed by atoms with Gasteiger partial charge in [-0.1, -0.05) is 6.92 Å². The van der Waals surface area contributed by atoms with Crippen LogP contribution in [0.4, 0.5) is 0 Å². The zero-order valence-electron chi connectivity index (χ0n) is 10.0. The molecule has 0 radical (unpaired) electrons. The van der Waals surface area contributed by atoms with E-state index < -0.39 is 0 Å². The van der Waals surface area contributed by atoms with Gasteiger partial charge in [0.2, 0.25) is 0 Å². The standard InChI is InChI=1S/C13H21N3/c1-2-11(14)12-7-15-9-16(12)8-13(5-6-13)10-3-4-10/h7,9-11H,2-6,8,14H2,1H3/t11-/m1/s1. The normalized spacial score (nSPS) is 24.4. The van der Waals surface area contributed by atoms with Crippen molar-refractivity contribution in [2.75, 3.05) is 0 Å². The second-order valence-electron chi connectivity index (χ2n) is 5.60. The smallest absolute Gasteiger partial charge is 0.0948 e. The van der Waals surface area contributed by atoms with E-state index in [1.165, 1.54) is 31.4 Å². The highest BCUT2D eigenvalue weighted by Gasteiger charge is 2.53. The maximum absolute atomic E-state index is 6.11. The third kappa shape index (κ3) is 1.67. The summed E-state index contributed by atoms with van der Waals surface area (Å²) in [6.45, 7) is 3.29. The summed E-state index contributed by atoms with van der Waals surface area (Å²) in [6.07, 6.45) is 10.6. The van der Waals surface area contributed by atoms with Crippen molar-refractivity contribution in [2.45, 2.75) is 51.6 Å². The number of aromatic nitrogens is 2. The van der Waals surface area contributed by atoms with E-state index in [9.17, 15) is 0 Å². The van der Waals surface area contributed by atoms with E-state index in [0.29, 0.717) is 5.41 Å². The Hall–Kier alpha value is -0.830. The van der Waals surface area contributed by atoms with Gasteiger partial charge in [-0.15, -0.1) is 0 Å². The second kappa shape index (κ2) is 3.59. The van der Waals surface area contributed by atoms with Gasteiger partial charge in [0.05, 0.1) is 12.0 Å². The first-order valence-corrected chi connectivity index (χ1v) is 6.51. The predicted octanol–water partition coefficient (Wildman–Crippen LogP) is 2.48. The molecular weight excluding hydrogens is 198 g/mol. The van der Waals surface area contributed by atoms with Crippen molar-refractivity contribution in [3.05, 3.63) is 18.2 Å². The quantitative estimate of drug-likeness (QED) is 0.826. The van der Waals surface area contributed by atoms with Crippen LogP contribution in [-0.4, -0.2) is 9.55 Å². The fourth-order valence-corrected chi connectivity index (χ4v) is 2.87. The van der Waals surface area contributed by atoms with Crippen molar-refractivity contribution < 1.29 is 0 Å². The van der Waals surface area contributed by atoms with Crippen LogP contribution in [0.2, 0.25) is 0 Å². The fourth-order valence-electron chi connectivity index (χ4n) is 2.87. The van der Waals surface area contributed by atoms with Crippen LogP contribution in [0.15, 0.2) is 12.5 Å². The van der Waals surface area contributed by atoms with Crippen LogP contribution in [0, 0.1) is 11.3 Å². The first-order chi connectivity index (χ1) is 7.75. The summed E-state index contributed by atoms with van der Waals surface area (Å²) in [5.41, 5.74) is 7.95. The Kier molecular flexibility index (Phi) is 2.32. The molecule has 1 atom stereocenters. The minimum Gasteiger partial charge on any atom is -0.333 e. The molecule has 1 aromatic rings. The summed E-state index contributed by atoms with van der Waals surface area (Å²) in [6, 6.07) is 0.150. The lowest BCUT2D eigenvalue weighted by atomic mass is 10.0. The van der Waals surface area contributed by atoms with Crippen LogP contribution in [0.1, 0.15) is 50.8 Å². The van der Waals surface area contributed by atoms with Crippen molar-refractivity contribution in [1.29, 1.82) is 0 Å². The molecule has 2 N–H and O–H groups in total. The van der Waals surface area contributed by atoms with Gasteiger partial charge in [-0.3, -0.25) is 0 Å². The van der Waals surface area contributed by atoms with Crippen molar-refractivity contribution in [3.63, 3.8) is 0 Å². The van der Waals surface area contributed by atoms with Gasteiger partial charge in [-0.05, 0) is 43.4 Å². The summed E-state index contributed by atoms with van der Waals surface area (Å²) in [5.74, 6) is 1.00. The lowest BCUT2D eigenvalue weighted by Crippen LogP contribution is -2.19. The minimum atomic E-state index is 0.150. The van der Waals surface area contributed by atoms with Gasteiger partial charge in [-0.2, -0.15) is 0 Å². The third-order valence-electron chi connectivity index (χ3n) is 4.39. The predicted molar refractivity (Wildman–Crippen MR) is 63.8 cm³/mol. The van der Waals surface area contributed by atoms with Crippen LogP contribution in [0.5, 0.6) is 0 Å². The van der Waals surface area contributed by atoms with Crippen LogP contribution in [0.3, 0.4) is 0 Å². The van der Waals surface area contributed by atoms with Crippen molar-refractivity contribution in [2.24, 2.45) is 17.1 Å². The Bertz CT molecular complexity index is 374. The summed E-state index contributed by atoms with van der Waals surface area (Å²) < 4.78 is 2.31. The molecule has 0 unspecified atom stereocenters. The maximum Gasteiger partial charge on any atom is 0.0948 e. The molecular formula is C13H21N3. The molecule has 0 aromatic carbocycles. The molecule has 3 heteroatoms. The zero-order valence-corrected chi connectivity index (χ0v) is 10.0. The Labute approximate surface area is 97.0 Å². The zero-order chi connectivity index (χ0) is 11.2. The minimum absolute atomic E-state index is 0.150. The summed E-state index contributed by atoms with van der Waals surface area (Å²) in [5, 5.41) is 0. The van der Waals surface area contributed by atoms with Gasteiger partial charge in [0.15, 0.2) is 0 Å². The number of imidazole rings is 1. The molecule has 2 saturated carbocycles. The lowest BCUT2D eigenvalue weighted by Gasteiger charge is -2.19. The van der Waals surface area contributed by atoms with Crippen LogP contribution in [0.25, 0.3) is 0 Å². The molecule has 16 heavy (non-hydrogen) atoms. The molecule has 3 rings (SSSR count). The van der Waals surface area contributed by atoms with E-state index >= 15 is 0 Å². The molecule has 0 aliphatic heterocycles. The molecule has 2 aliphatic carbocycles. The van der Waals surface area contributed by atoms with Gasteiger partial charge >= 0.3 is 0 Å². The highest BCUT2D eigenvalue weighted by Crippen LogP contribution is 2.62. The number of hydrogen-bond donors (Lipinski definition) is 1. The number of hydrogen-bond acceptors (Lipinski definition) is 2. The van der Waals surface area contributed by atoms with Crippen molar-refractivity contribution in [1.82, 2.24) is 9.55 Å². The first kappa shape index (κ1) is 10.3. The molecule has 0 saturated heterocycles. The van der Waals surface area contributed by atoms with Crippen LogP contribution in [-0.2, 0) is 6.54 Å². The molecule has 2 fully saturated rings. The van der Waals surface area contributed by atoms with Crippen molar-refractivity contribution in [3.8, 4) is 0 Å². The summed E-state index contributed by atoms with van der Waals surface area (Å²) >= 11 is 0. The average molecular weight is 219 g/mol.